The summed E-state index contributed by atoms with van der Waals surface area (Å²) in [6, 6.07) is 2.53. The van der Waals surface area contributed by atoms with E-state index in [4.69, 9.17) is 5.73 Å². The molecule has 0 aliphatic heterocycles. The van der Waals surface area contributed by atoms with E-state index < -0.39 is 31.6 Å². The average molecular weight is 303 g/mol. The molecule has 6 heteroatoms. The largest absolute Gasteiger partial charge is 0.330 e. The Bertz CT molecular complexity index is 589. The van der Waals surface area contributed by atoms with Crippen LogP contribution in [0.1, 0.15) is 26.2 Å². The van der Waals surface area contributed by atoms with E-state index in [1.807, 2.05) is 6.92 Å². The highest BCUT2D eigenvalue weighted by Gasteiger charge is 2.39. The zero-order valence-electron chi connectivity index (χ0n) is 11.4. The number of rotatable bonds is 3. The maximum Gasteiger partial charge on any atom is 0.184 e. The van der Waals surface area contributed by atoms with Gasteiger partial charge in [0, 0.05) is 0 Å². The van der Waals surface area contributed by atoms with Crippen molar-refractivity contribution in [3.05, 3.63) is 29.8 Å². The van der Waals surface area contributed by atoms with E-state index >= 15 is 0 Å². The molecule has 0 spiro atoms. The molecule has 0 radical (unpaired) electrons. The van der Waals surface area contributed by atoms with Crippen molar-refractivity contribution in [2.75, 3.05) is 6.54 Å². The molecule has 0 aromatic heterocycles. The van der Waals surface area contributed by atoms with Crippen molar-refractivity contribution in [2.45, 2.75) is 36.3 Å². The lowest BCUT2D eigenvalue weighted by Crippen LogP contribution is -2.39. The van der Waals surface area contributed by atoms with Crippen LogP contribution >= 0.6 is 0 Å². The highest BCUT2D eigenvalue weighted by atomic mass is 32.2. The summed E-state index contributed by atoms with van der Waals surface area (Å²) >= 11 is 0. The molecule has 112 valence electrons. The average Bonchev–Trinajstić information content (AvgIpc) is 2.41. The fraction of sp³-hybridized carbons (Fsp3) is 0.571. The number of nitrogens with two attached hydrogens (primary N) is 1. The third-order valence-corrected chi connectivity index (χ3v) is 6.39. The summed E-state index contributed by atoms with van der Waals surface area (Å²) in [5, 5.41) is -0.729. The number of sulfone groups is 1. The quantitative estimate of drug-likeness (QED) is 0.933. The van der Waals surface area contributed by atoms with E-state index in [2.05, 4.69) is 0 Å². The molecule has 0 bridgehead atoms. The molecule has 20 heavy (non-hydrogen) atoms. The van der Waals surface area contributed by atoms with Crippen LogP contribution in [0.5, 0.6) is 0 Å². The van der Waals surface area contributed by atoms with Gasteiger partial charge in [-0.1, -0.05) is 13.3 Å². The van der Waals surface area contributed by atoms with Gasteiger partial charge in [0.1, 0.15) is 16.5 Å². The van der Waals surface area contributed by atoms with Crippen molar-refractivity contribution < 1.29 is 17.2 Å². The minimum absolute atomic E-state index is 0.195. The first-order chi connectivity index (χ1) is 9.36. The Kier molecular flexibility index (Phi) is 4.44. The van der Waals surface area contributed by atoms with Gasteiger partial charge in [-0.25, -0.2) is 17.2 Å². The van der Waals surface area contributed by atoms with Gasteiger partial charge in [0.05, 0.1) is 5.25 Å². The minimum atomic E-state index is -3.90. The van der Waals surface area contributed by atoms with Crippen LogP contribution in [0.15, 0.2) is 23.1 Å². The van der Waals surface area contributed by atoms with Crippen molar-refractivity contribution in [1.82, 2.24) is 0 Å². The molecule has 1 fully saturated rings. The monoisotopic (exact) mass is 303 g/mol. The Hall–Kier alpha value is -1.01. The fourth-order valence-electron chi connectivity index (χ4n) is 2.90. The van der Waals surface area contributed by atoms with Crippen LogP contribution in [-0.2, 0) is 9.84 Å². The summed E-state index contributed by atoms with van der Waals surface area (Å²) < 4.78 is 52.2. The van der Waals surface area contributed by atoms with Crippen LogP contribution in [-0.4, -0.2) is 20.2 Å². The molecular weight excluding hydrogens is 284 g/mol. The van der Waals surface area contributed by atoms with Gasteiger partial charge in [-0.15, -0.1) is 0 Å². The van der Waals surface area contributed by atoms with Gasteiger partial charge in [-0.05, 0) is 49.4 Å². The highest BCUT2D eigenvalue weighted by molar-refractivity contribution is 7.92. The molecule has 2 N–H and O–H groups in total. The predicted octanol–water partition coefficient (Wildman–Crippen LogP) is 2.50. The van der Waals surface area contributed by atoms with E-state index in [0.717, 1.165) is 24.6 Å². The van der Waals surface area contributed by atoms with Crippen molar-refractivity contribution in [1.29, 1.82) is 0 Å². The third kappa shape index (κ3) is 2.86. The Balaban J connectivity index is 2.44. The minimum Gasteiger partial charge on any atom is -0.330 e. The summed E-state index contributed by atoms with van der Waals surface area (Å²) in [7, 11) is -3.90. The van der Waals surface area contributed by atoms with E-state index in [9.17, 15) is 17.2 Å². The maximum absolute atomic E-state index is 13.8. The molecule has 1 aromatic rings. The van der Waals surface area contributed by atoms with Crippen molar-refractivity contribution in [3.63, 3.8) is 0 Å². The predicted molar refractivity (Wildman–Crippen MR) is 72.9 cm³/mol. The maximum atomic E-state index is 13.8. The molecule has 0 saturated heterocycles. The molecule has 2 rings (SSSR count). The smallest absolute Gasteiger partial charge is 0.184 e. The fourth-order valence-corrected chi connectivity index (χ4v) is 5.18. The Morgan fingerprint density at radius 2 is 2.00 bits per heavy atom. The molecule has 1 aliphatic carbocycles. The first-order valence-corrected chi connectivity index (χ1v) is 8.30. The second kappa shape index (κ2) is 5.77. The first kappa shape index (κ1) is 15.4. The molecule has 3 unspecified atom stereocenters. The number of benzene rings is 1. The zero-order chi connectivity index (χ0) is 14.9. The molecule has 1 aliphatic rings. The normalized spacial score (nSPS) is 27.5. The molecule has 3 nitrogen and oxygen atoms in total. The van der Waals surface area contributed by atoms with Gasteiger partial charge in [-0.3, -0.25) is 0 Å². The number of hydrogen-bond donors (Lipinski definition) is 1. The van der Waals surface area contributed by atoms with Crippen LogP contribution in [0.2, 0.25) is 0 Å². The van der Waals surface area contributed by atoms with Crippen molar-refractivity contribution in [3.8, 4) is 0 Å². The standard InChI is InChI=1S/C14H19F2NO2S/c1-9-2-3-10(8-17)13(6-9)20(18,19)14-7-11(15)4-5-12(14)16/h4-5,7,9-10,13H,2-3,6,8,17H2,1H3. The molecule has 1 saturated carbocycles. The van der Waals surface area contributed by atoms with Crippen LogP contribution in [0.4, 0.5) is 8.78 Å². The zero-order valence-corrected chi connectivity index (χ0v) is 12.2. The van der Waals surface area contributed by atoms with Gasteiger partial charge in [-0.2, -0.15) is 0 Å². The first-order valence-electron chi connectivity index (χ1n) is 6.75. The topological polar surface area (TPSA) is 60.2 Å². The Morgan fingerprint density at radius 3 is 2.65 bits per heavy atom. The summed E-state index contributed by atoms with van der Waals surface area (Å²) in [5.41, 5.74) is 5.65. The van der Waals surface area contributed by atoms with Crippen LogP contribution in [0.25, 0.3) is 0 Å². The van der Waals surface area contributed by atoms with E-state index in [1.165, 1.54) is 0 Å². The molecule has 0 heterocycles. The van der Waals surface area contributed by atoms with Crippen LogP contribution in [0.3, 0.4) is 0 Å². The highest BCUT2D eigenvalue weighted by Crippen LogP contribution is 2.36. The van der Waals surface area contributed by atoms with Gasteiger partial charge < -0.3 is 5.73 Å². The number of hydrogen-bond acceptors (Lipinski definition) is 3. The second-order valence-electron chi connectivity index (χ2n) is 5.57. The van der Waals surface area contributed by atoms with Crippen LogP contribution < -0.4 is 5.73 Å². The van der Waals surface area contributed by atoms with E-state index in [0.29, 0.717) is 12.8 Å². The molecule has 3 atom stereocenters. The molecule has 1 aromatic carbocycles. The summed E-state index contributed by atoms with van der Waals surface area (Å²) in [6.45, 7) is 2.21. The molecule has 0 amide bonds. The SMILES string of the molecule is CC1CCC(CN)C(S(=O)(=O)c2cc(F)ccc2F)C1. The summed E-state index contributed by atoms with van der Waals surface area (Å²) in [4.78, 5) is -0.546. The lowest BCUT2D eigenvalue weighted by Gasteiger charge is -2.33. The second-order valence-corrected chi connectivity index (χ2v) is 7.71. The van der Waals surface area contributed by atoms with Gasteiger partial charge in [0.15, 0.2) is 9.84 Å². The molecular formula is C14H19F2NO2S. The Labute approximate surface area is 118 Å². The summed E-state index contributed by atoms with van der Waals surface area (Å²) in [5.74, 6) is -1.61. The third-order valence-electron chi connectivity index (χ3n) is 4.09. The van der Waals surface area contributed by atoms with E-state index in [1.54, 1.807) is 0 Å². The van der Waals surface area contributed by atoms with Gasteiger partial charge in [0.2, 0.25) is 0 Å². The lowest BCUT2D eigenvalue weighted by molar-refractivity contribution is 0.296. The van der Waals surface area contributed by atoms with Crippen molar-refractivity contribution >= 4 is 9.84 Å². The van der Waals surface area contributed by atoms with E-state index in [-0.39, 0.29) is 18.4 Å². The van der Waals surface area contributed by atoms with Gasteiger partial charge in [0.25, 0.3) is 0 Å². The lowest BCUT2D eigenvalue weighted by atomic mass is 9.82. The Morgan fingerprint density at radius 1 is 1.30 bits per heavy atom. The van der Waals surface area contributed by atoms with Crippen molar-refractivity contribution in [2.24, 2.45) is 17.6 Å². The number of halogens is 2. The summed E-state index contributed by atoms with van der Waals surface area (Å²) in [6.07, 6.45) is 2.07. The van der Waals surface area contributed by atoms with Gasteiger partial charge >= 0.3 is 0 Å². The van der Waals surface area contributed by atoms with Crippen LogP contribution in [0, 0.1) is 23.5 Å².